The molecule has 58 heavy (non-hydrogen) atoms. The van der Waals surface area contributed by atoms with E-state index in [0.717, 1.165) is 32.0 Å². The summed E-state index contributed by atoms with van der Waals surface area (Å²) in [5.74, 6) is -0.889. The second-order valence-corrected chi connectivity index (χ2v) is 19.4. The molecule has 336 valence electrons. The van der Waals surface area contributed by atoms with Gasteiger partial charge < -0.3 is 38.6 Å². The molecule has 2 N–H and O–H groups in total. The Hall–Kier alpha value is -2.33. The Morgan fingerprint density at radius 2 is 0.983 bits per heavy atom. The first-order valence-electron chi connectivity index (χ1n) is 20.3. The van der Waals surface area contributed by atoms with Gasteiger partial charge in [-0.1, -0.05) is 27.7 Å². The maximum Gasteiger partial charge on any atom is 0.377 e. The third-order valence-electron chi connectivity index (χ3n) is 10.8. The van der Waals surface area contributed by atoms with Gasteiger partial charge in [-0.25, -0.2) is 21.1 Å². The van der Waals surface area contributed by atoms with E-state index in [1.54, 1.807) is 39.2 Å². The van der Waals surface area contributed by atoms with E-state index in [2.05, 4.69) is 0 Å². The molecule has 22 heteroatoms. The first-order chi connectivity index (χ1) is 26.9. The molecule has 0 bridgehead atoms. The van der Waals surface area contributed by atoms with Crippen molar-refractivity contribution in [2.75, 3.05) is 78.2 Å². The second-order valence-electron chi connectivity index (χ2n) is 15.5. The van der Waals surface area contributed by atoms with Crippen molar-refractivity contribution in [1.82, 2.24) is 18.2 Å². The van der Waals surface area contributed by atoms with Gasteiger partial charge in [-0.15, -0.1) is 0 Å². The molecule has 4 heterocycles. The van der Waals surface area contributed by atoms with E-state index in [-0.39, 0.29) is 72.6 Å². The van der Waals surface area contributed by atoms with Crippen LogP contribution in [0.2, 0.25) is 13.6 Å². The lowest BCUT2D eigenvalue weighted by Gasteiger charge is -2.25. The number of nitrogens with zero attached hydrogens (tertiary/aromatic N) is 4. The molecule has 0 aromatic heterocycles. The molecule has 4 aliphatic rings. The zero-order valence-corrected chi connectivity index (χ0v) is 38.3. The van der Waals surface area contributed by atoms with Crippen molar-refractivity contribution in [3.63, 3.8) is 0 Å². The number of esters is 4. The van der Waals surface area contributed by atoms with Crippen LogP contribution in [0.25, 0.3) is 0 Å². The molecule has 4 saturated heterocycles. The first kappa shape index (κ1) is 53.7. The molecule has 18 nitrogen and oxygen atoms in total. The summed E-state index contributed by atoms with van der Waals surface area (Å²) in [7, 11) is -7.56. The number of hydrogen-bond donors (Lipinski definition) is 2. The second kappa shape index (κ2) is 24.8. The highest BCUT2D eigenvalue weighted by atomic mass is 32.2. The number of hydrogen-bond acceptors (Lipinski definition) is 16. The van der Waals surface area contributed by atoms with Gasteiger partial charge in [0, 0.05) is 26.2 Å². The van der Waals surface area contributed by atoms with E-state index in [1.807, 2.05) is 39.4 Å². The Bertz CT molecular complexity index is 1540. The highest BCUT2D eigenvalue weighted by molar-refractivity contribution is 7.88. The van der Waals surface area contributed by atoms with Crippen molar-refractivity contribution in [3.8, 4) is 0 Å². The van der Waals surface area contributed by atoms with Crippen LogP contribution in [0.4, 0.5) is 0 Å². The fourth-order valence-corrected chi connectivity index (χ4v) is 9.55. The molecule has 4 rings (SSSR count). The van der Waals surface area contributed by atoms with E-state index in [9.17, 15) is 46.1 Å². The van der Waals surface area contributed by atoms with E-state index in [1.165, 1.54) is 8.61 Å². The zero-order chi connectivity index (χ0) is 44.7. The van der Waals surface area contributed by atoms with Gasteiger partial charge in [-0.3, -0.25) is 19.2 Å². The van der Waals surface area contributed by atoms with Crippen LogP contribution in [0.5, 0.6) is 0 Å². The van der Waals surface area contributed by atoms with Gasteiger partial charge in [0.1, 0.15) is 12.1 Å². The molecule has 0 aromatic rings. The van der Waals surface area contributed by atoms with Crippen molar-refractivity contribution in [2.24, 2.45) is 35.5 Å². The number of carbonyl (C=O) groups is 4. The van der Waals surface area contributed by atoms with Crippen LogP contribution >= 0.6 is 0 Å². The standard InChI is InChI=1S/2C9H18BNO3.2C9H17NO4S/c1-4-14-9(12)8-6-11(10(3)13)5-7(8)2;1-4-14-9(12)8-7(2)5-6-11(8)10(3)13;1-4-14-9(11)8-6-10(5-7(8)2)15(3,12)13;1-4-14-9(11)8-7(2)5-6-10(8)15(3,12)13/h2*7-8,13H,4-6H2,1-3H3;2*7-8H,4-6H2,1-3H3/t4*7-,8-/m1111/s1. The van der Waals surface area contributed by atoms with Gasteiger partial charge >= 0.3 is 38.0 Å². The quantitative estimate of drug-likeness (QED) is 0.158. The molecule has 4 fully saturated rings. The van der Waals surface area contributed by atoms with Crippen LogP contribution in [0.15, 0.2) is 0 Å². The third-order valence-corrected chi connectivity index (χ3v) is 13.2. The molecule has 8 atom stereocenters. The Morgan fingerprint density at radius 3 is 1.38 bits per heavy atom. The molecule has 0 spiro atoms. The monoisotopic (exact) mass is 868 g/mol. The molecule has 0 amide bonds. The Labute approximate surface area is 348 Å². The minimum atomic E-state index is -3.32. The predicted molar refractivity (Wildman–Crippen MR) is 221 cm³/mol. The van der Waals surface area contributed by atoms with Crippen LogP contribution in [0.3, 0.4) is 0 Å². The van der Waals surface area contributed by atoms with Crippen LogP contribution in [0, 0.1) is 35.5 Å². The van der Waals surface area contributed by atoms with Gasteiger partial charge in [-0.2, -0.15) is 4.31 Å². The average Bonchev–Trinajstić information content (AvgIpc) is 3.90. The summed E-state index contributed by atoms with van der Waals surface area (Å²) in [5, 5.41) is 18.8. The zero-order valence-electron chi connectivity index (χ0n) is 36.7. The molecular formula is C36H70B2N4O14S2. The fraction of sp³-hybridized carbons (Fsp3) is 0.889. The highest BCUT2D eigenvalue weighted by Gasteiger charge is 2.43. The number of rotatable bonds is 12. The van der Waals surface area contributed by atoms with E-state index in [4.69, 9.17) is 18.9 Å². The normalized spacial score (nSPS) is 27.8. The first-order valence-corrected chi connectivity index (χ1v) is 24.0. The third kappa shape index (κ3) is 16.3. The summed E-state index contributed by atoms with van der Waals surface area (Å²) in [6, 6.07) is -0.908. The van der Waals surface area contributed by atoms with E-state index < -0.39 is 46.2 Å². The molecule has 0 radical (unpaired) electrons. The summed E-state index contributed by atoms with van der Waals surface area (Å²) in [6.45, 7) is 22.9. The minimum absolute atomic E-state index is 0.0266. The summed E-state index contributed by atoms with van der Waals surface area (Å²) >= 11 is 0. The summed E-state index contributed by atoms with van der Waals surface area (Å²) in [4.78, 5) is 49.8. The minimum Gasteiger partial charge on any atom is -0.466 e. The molecule has 0 aliphatic carbocycles. The fourth-order valence-electron chi connectivity index (χ4n) is 7.47. The van der Waals surface area contributed by atoms with Crippen molar-refractivity contribution < 1.29 is 65.0 Å². The maximum absolute atomic E-state index is 11.6. The molecule has 0 saturated carbocycles. The van der Waals surface area contributed by atoms with Gasteiger partial charge in [0.2, 0.25) is 20.0 Å². The Kier molecular flexibility index (Phi) is 23.0. The largest absolute Gasteiger partial charge is 0.466 e. The predicted octanol–water partition coefficient (Wildman–Crippen LogP) is 0.894. The summed E-state index contributed by atoms with van der Waals surface area (Å²) in [5.41, 5.74) is 0. The molecule has 0 unspecified atom stereocenters. The van der Waals surface area contributed by atoms with E-state index in [0.29, 0.717) is 45.9 Å². The van der Waals surface area contributed by atoms with Gasteiger partial charge in [0.25, 0.3) is 0 Å². The smallest absolute Gasteiger partial charge is 0.377 e. The Balaban J connectivity index is 0.000000387. The average molecular weight is 869 g/mol. The van der Waals surface area contributed by atoms with Gasteiger partial charge in [-0.05, 0) is 90.9 Å². The lowest BCUT2D eigenvalue weighted by Crippen LogP contribution is -2.47. The van der Waals surface area contributed by atoms with Crippen LogP contribution in [-0.4, -0.2) is 173 Å². The van der Waals surface area contributed by atoms with Gasteiger partial charge in [0.15, 0.2) is 0 Å². The SMILES string of the molecule is CCOC(=O)[C@@H]1CN(B(C)O)C[C@H]1C.CCOC(=O)[C@@H]1CN(S(C)(=O)=O)C[C@H]1C.CCOC(=O)[C@H]1[C@H](C)CCN1B(C)O.CCOC(=O)[C@H]1[C@H](C)CCN1S(C)(=O)=O. The highest BCUT2D eigenvalue weighted by Crippen LogP contribution is 2.28. The number of sulfonamides is 2. The van der Waals surface area contributed by atoms with E-state index >= 15 is 0 Å². The van der Waals surface area contributed by atoms with Crippen molar-refractivity contribution in [1.29, 1.82) is 0 Å². The summed E-state index contributed by atoms with van der Waals surface area (Å²) < 4.78 is 67.7. The molecule has 4 aliphatic heterocycles. The summed E-state index contributed by atoms with van der Waals surface area (Å²) in [6.07, 6.45) is 3.93. The number of carbonyl (C=O) groups excluding carboxylic acids is 4. The lowest BCUT2D eigenvalue weighted by molar-refractivity contribution is -0.149. The van der Waals surface area contributed by atoms with Gasteiger partial charge in [0.05, 0.1) is 50.8 Å². The van der Waals surface area contributed by atoms with Crippen molar-refractivity contribution in [2.45, 2.75) is 94.0 Å². The topological polar surface area (TPSA) is 227 Å². The lowest BCUT2D eigenvalue weighted by atomic mass is 9.83. The van der Waals surface area contributed by atoms with Crippen molar-refractivity contribution >= 4 is 58.0 Å². The van der Waals surface area contributed by atoms with Crippen LogP contribution in [0.1, 0.15) is 68.2 Å². The number of ether oxygens (including phenoxy) is 4. The molecular weight excluding hydrogens is 798 g/mol. The van der Waals surface area contributed by atoms with Crippen LogP contribution in [-0.2, 0) is 58.2 Å². The van der Waals surface area contributed by atoms with Crippen LogP contribution < -0.4 is 0 Å². The molecule has 0 aromatic carbocycles. The Morgan fingerprint density at radius 1 is 0.569 bits per heavy atom. The van der Waals surface area contributed by atoms with Crippen molar-refractivity contribution in [3.05, 3.63) is 0 Å². The maximum atomic E-state index is 11.6.